The van der Waals surface area contributed by atoms with E-state index in [1.54, 1.807) is 55.5 Å². The second-order valence-electron chi connectivity index (χ2n) is 7.38. The van der Waals surface area contributed by atoms with Gasteiger partial charge in [-0.05, 0) is 50.6 Å². The zero-order valence-corrected chi connectivity index (χ0v) is 20.9. The summed E-state index contributed by atoms with van der Waals surface area (Å²) in [6.07, 6.45) is 0.191. The fourth-order valence-corrected chi connectivity index (χ4v) is 5.78. The van der Waals surface area contributed by atoms with Gasteiger partial charge < -0.3 is 14.0 Å². The first-order valence-corrected chi connectivity index (χ1v) is 13.6. The third-order valence-electron chi connectivity index (χ3n) is 4.98. The number of hydrogen-bond donors (Lipinski definition) is 0. The Balaban J connectivity index is 1.81. The molecule has 0 aliphatic carbocycles. The largest absolute Gasteiger partial charge is 0.462 e. The van der Waals surface area contributed by atoms with E-state index in [4.69, 9.17) is 9.47 Å². The van der Waals surface area contributed by atoms with E-state index >= 15 is 0 Å². The summed E-state index contributed by atoms with van der Waals surface area (Å²) in [6.45, 7) is 5.43. The van der Waals surface area contributed by atoms with Crippen molar-refractivity contribution in [1.29, 1.82) is 0 Å². The Labute approximate surface area is 202 Å². The summed E-state index contributed by atoms with van der Waals surface area (Å²) >= 11 is 1.29. The third kappa shape index (κ3) is 6.62. The third-order valence-corrected chi connectivity index (χ3v) is 7.84. The number of rotatable bonds is 11. The number of nitrogens with zero attached hydrogens (tertiary/aromatic N) is 2. The molecule has 0 unspecified atom stereocenters. The van der Waals surface area contributed by atoms with Gasteiger partial charge in [0.15, 0.2) is 14.6 Å². The van der Waals surface area contributed by atoms with Crippen molar-refractivity contribution in [1.82, 2.24) is 4.57 Å². The van der Waals surface area contributed by atoms with Gasteiger partial charge in [-0.15, -0.1) is 0 Å². The minimum atomic E-state index is -3.45. The fraction of sp³-hybridized carbons (Fsp3) is 0.375. The van der Waals surface area contributed by atoms with Gasteiger partial charge in [0.25, 0.3) is 0 Å². The zero-order valence-electron chi connectivity index (χ0n) is 19.2. The lowest BCUT2D eigenvalue weighted by Crippen LogP contribution is -2.20. The van der Waals surface area contributed by atoms with Crippen LogP contribution in [0.25, 0.3) is 10.2 Å². The molecule has 2 aromatic carbocycles. The lowest BCUT2D eigenvalue weighted by Gasteiger charge is -2.06. The van der Waals surface area contributed by atoms with Crippen LogP contribution in [0.4, 0.5) is 0 Å². The average Bonchev–Trinajstić information content (AvgIpc) is 3.16. The maximum absolute atomic E-state index is 12.6. The number of ether oxygens (including phenoxy) is 2. The van der Waals surface area contributed by atoms with Crippen molar-refractivity contribution in [2.45, 2.75) is 38.1 Å². The molecule has 3 rings (SSSR count). The fourth-order valence-electron chi connectivity index (χ4n) is 3.34. The van der Waals surface area contributed by atoms with E-state index in [2.05, 4.69) is 4.99 Å². The average molecular weight is 505 g/mol. The first kappa shape index (κ1) is 25.8. The highest BCUT2D eigenvalue weighted by Gasteiger charge is 2.15. The van der Waals surface area contributed by atoms with E-state index in [1.807, 2.05) is 11.5 Å². The van der Waals surface area contributed by atoms with E-state index in [0.29, 0.717) is 30.1 Å². The predicted octanol–water partition coefficient (Wildman–Crippen LogP) is 3.60. The van der Waals surface area contributed by atoms with Gasteiger partial charge in [-0.1, -0.05) is 29.5 Å². The molecule has 0 bridgehead atoms. The van der Waals surface area contributed by atoms with Crippen molar-refractivity contribution in [2.75, 3.05) is 25.6 Å². The summed E-state index contributed by atoms with van der Waals surface area (Å²) in [5, 5.41) is 0. The minimum Gasteiger partial charge on any atom is -0.462 e. The zero-order chi connectivity index (χ0) is 24.6. The Morgan fingerprint density at radius 3 is 2.53 bits per heavy atom. The molecule has 1 aromatic heterocycles. The Kier molecular flexibility index (Phi) is 9.14. The van der Waals surface area contributed by atoms with Crippen molar-refractivity contribution in [2.24, 2.45) is 4.99 Å². The standard InChI is InChI=1S/C24H28N2O6S2/c1-3-31-15-14-26-20-13-12-18(23(28)32-4-2)17-21(20)33-24(26)25-22(27)11-8-16-34(29,30)19-9-6-5-7-10-19/h5-7,9-10,12-13,17H,3-4,8,11,14-16H2,1-2H3. The highest BCUT2D eigenvalue weighted by Crippen LogP contribution is 2.20. The second-order valence-corrected chi connectivity index (χ2v) is 10.5. The number of aromatic nitrogens is 1. The molecular formula is C24H28N2O6S2. The van der Waals surface area contributed by atoms with Gasteiger partial charge in [-0.25, -0.2) is 13.2 Å². The molecule has 0 saturated carbocycles. The summed E-state index contributed by atoms with van der Waals surface area (Å²) in [5.74, 6) is -0.934. The molecular weight excluding hydrogens is 476 g/mol. The molecule has 0 radical (unpaired) electrons. The molecule has 1 heterocycles. The molecule has 0 aliphatic rings. The van der Waals surface area contributed by atoms with Crippen LogP contribution >= 0.6 is 11.3 Å². The smallest absolute Gasteiger partial charge is 0.338 e. The van der Waals surface area contributed by atoms with Gasteiger partial charge in [0.05, 0.1) is 39.6 Å². The van der Waals surface area contributed by atoms with Gasteiger partial charge in [0, 0.05) is 19.6 Å². The van der Waals surface area contributed by atoms with Gasteiger partial charge >= 0.3 is 5.97 Å². The molecule has 182 valence electrons. The van der Waals surface area contributed by atoms with Crippen LogP contribution < -0.4 is 4.80 Å². The topological polar surface area (TPSA) is 104 Å². The number of carbonyl (C=O) groups is 2. The van der Waals surface area contributed by atoms with Crippen LogP contribution in [-0.2, 0) is 30.7 Å². The molecule has 3 aromatic rings. The lowest BCUT2D eigenvalue weighted by molar-refractivity contribution is -0.118. The minimum absolute atomic E-state index is 0.0137. The number of amides is 1. The van der Waals surface area contributed by atoms with Crippen LogP contribution in [-0.4, -0.2) is 50.4 Å². The predicted molar refractivity (Wildman–Crippen MR) is 131 cm³/mol. The molecule has 34 heavy (non-hydrogen) atoms. The first-order chi connectivity index (χ1) is 16.4. The molecule has 0 atom stereocenters. The summed E-state index contributed by atoms with van der Waals surface area (Å²) < 4.78 is 38.1. The summed E-state index contributed by atoms with van der Waals surface area (Å²) in [5.41, 5.74) is 1.26. The van der Waals surface area contributed by atoms with Crippen LogP contribution in [0.2, 0.25) is 0 Å². The summed E-state index contributed by atoms with van der Waals surface area (Å²) in [6, 6.07) is 13.4. The van der Waals surface area contributed by atoms with Crippen molar-refractivity contribution < 1.29 is 27.5 Å². The van der Waals surface area contributed by atoms with Crippen LogP contribution in [0, 0.1) is 0 Å². The Bertz CT molecular complexity index is 1310. The van der Waals surface area contributed by atoms with E-state index in [9.17, 15) is 18.0 Å². The van der Waals surface area contributed by atoms with E-state index in [-0.39, 0.29) is 30.1 Å². The van der Waals surface area contributed by atoms with Crippen molar-refractivity contribution in [3.05, 3.63) is 58.9 Å². The number of carbonyl (C=O) groups excluding carboxylic acids is 2. The summed E-state index contributed by atoms with van der Waals surface area (Å²) in [4.78, 5) is 29.7. The van der Waals surface area contributed by atoms with Crippen molar-refractivity contribution >= 4 is 43.3 Å². The number of esters is 1. The highest BCUT2D eigenvalue weighted by atomic mass is 32.2. The number of thiazole rings is 1. The molecule has 0 spiro atoms. The van der Waals surface area contributed by atoms with Crippen LogP contribution in [0.3, 0.4) is 0 Å². The number of hydrogen-bond acceptors (Lipinski definition) is 7. The molecule has 1 amide bonds. The lowest BCUT2D eigenvalue weighted by atomic mass is 10.2. The van der Waals surface area contributed by atoms with Gasteiger partial charge in [0.2, 0.25) is 5.91 Å². The SMILES string of the molecule is CCOCCn1c(=NC(=O)CCCS(=O)(=O)c2ccccc2)sc2cc(C(=O)OCC)ccc21. The van der Waals surface area contributed by atoms with Crippen LogP contribution in [0.1, 0.15) is 37.0 Å². The Morgan fingerprint density at radius 1 is 1.06 bits per heavy atom. The van der Waals surface area contributed by atoms with Crippen molar-refractivity contribution in [3.8, 4) is 0 Å². The highest BCUT2D eigenvalue weighted by molar-refractivity contribution is 7.91. The van der Waals surface area contributed by atoms with Gasteiger partial charge in [0.1, 0.15) is 0 Å². The monoisotopic (exact) mass is 504 g/mol. The molecule has 0 aliphatic heterocycles. The molecule has 10 heteroatoms. The van der Waals surface area contributed by atoms with E-state index < -0.39 is 21.7 Å². The van der Waals surface area contributed by atoms with E-state index in [1.165, 1.54) is 11.3 Å². The van der Waals surface area contributed by atoms with Gasteiger partial charge in [-0.2, -0.15) is 4.99 Å². The maximum Gasteiger partial charge on any atom is 0.338 e. The normalized spacial score (nSPS) is 12.2. The molecule has 0 saturated heterocycles. The molecule has 8 nitrogen and oxygen atoms in total. The van der Waals surface area contributed by atoms with Crippen molar-refractivity contribution in [3.63, 3.8) is 0 Å². The maximum atomic E-state index is 12.6. The number of fused-ring (bicyclic) bond motifs is 1. The van der Waals surface area contributed by atoms with E-state index in [0.717, 1.165) is 10.2 Å². The number of benzene rings is 2. The molecule has 0 fully saturated rings. The van der Waals surface area contributed by atoms with Gasteiger partial charge in [-0.3, -0.25) is 4.79 Å². The first-order valence-electron chi connectivity index (χ1n) is 11.1. The Hall–Kier alpha value is -2.82. The number of sulfone groups is 1. The quantitative estimate of drug-likeness (QED) is 0.292. The second kappa shape index (κ2) is 12.0. The summed E-state index contributed by atoms with van der Waals surface area (Å²) in [7, 11) is -3.45. The Morgan fingerprint density at radius 2 is 1.82 bits per heavy atom. The van der Waals surface area contributed by atoms with Crippen LogP contribution in [0.5, 0.6) is 0 Å². The molecule has 0 N–H and O–H groups in total. The van der Waals surface area contributed by atoms with Crippen LogP contribution in [0.15, 0.2) is 58.4 Å².